The largest absolute Gasteiger partial charge is 0.490 e. The Labute approximate surface area is 181 Å². The van der Waals surface area contributed by atoms with Crippen LogP contribution in [-0.4, -0.2) is 29.8 Å². The fourth-order valence-electron chi connectivity index (χ4n) is 2.76. The summed E-state index contributed by atoms with van der Waals surface area (Å²) in [6.45, 7) is 3.41. The molecule has 1 amide bonds. The molecule has 3 aromatic rings. The van der Waals surface area contributed by atoms with Crippen LogP contribution in [0.25, 0.3) is 0 Å². The molecule has 0 saturated carbocycles. The van der Waals surface area contributed by atoms with E-state index in [1.807, 2.05) is 37.3 Å². The molecule has 0 saturated heterocycles. The Kier molecular flexibility index (Phi) is 8.60. The average Bonchev–Trinajstić information content (AvgIpc) is 2.79. The standard InChI is InChI=1S/C24H26N2O3S/c1-2-28-23-16-20(11-12-22(23)29-18-19-8-6-13-25-17-19)24(27)26-14-7-15-30-21-9-4-3-5-10-21/h3-6,8-13,16-17H,2,7,14-15,18H2,1H3,(H,26,27). The van der Waals surface area contributed by atoms with E-state index in [0.717, 1.165) is 17.7 Å². The molecule has 1 heterocycles. The maximum atomic E-state index is 12.5. The highest BCUT2D eigenvalue weighted by molar-refractivity contribution is 7.99. The number of nitrogens with one attached hydrogen (secondary N) is 1. The molecule has 0 bridgehead atoms. The van der Waals surface area contributed by atoms with Crippen LogP contribution in [0.5, 0.6) is 11.5 Å². The number of rotatable bonds is 11. The molecule has 0 radical (unpaired) electrons. The minimum atomic E-state index is -0.112. The molecule has 0 fully saturated rings. The van der Waals surface area contributed by atoms with Gasteiger partial charge >= 0.3 is 0 Å². The van der Waals surface area contributed by atoms with Crippen molar-refractivity contribution in [1.29, 1.82) is 0 Å². The van der Waals surface area contributed by atoms with Crippen LogP contribution in [-0.2, 0) is 6.61 Å². The summed E-state index contributed by atoms with van der Waals surface area (Å²) < 4.78 is 11.6. The lowest BCUT2D eigenvalue weighted by molar-refractivity contribution is 0.0953. The van der Waals surface area contributed by atoms with Crippen molar-refractivity contribution in [2.24, 2.45) is 0 Å². The molecular formula is C24H26N2O3S. The molecule has 6 heteroatoms. The van der Waals surface area contributed by atoms with Crippen LogP contribution < -0.4 is 14.8 Å². The number of aromatic nitrogens is 1. The average molecular weight is 423 g/mol. The molecule has 1 aromatic heterocycles. The second-order valence-corrected chi connectivity index (χ2v) is 7.68. The molecule has 30 heavy (non-hydrogen) atoms. The lowest BCUT2D eigenvalue weighted by atomic mass is 10.2. The minimum absolute atomic E-state index is 0.112. The van der Waals surface area contributed by atoms with Gasteiger partial charge in [-0.2, -0.15) is 0 Å². The fourth-order valence-corrected chi connectivity index (χ4v) is 3.64. The molecule has 0 unspecified atom stereocenters. The highest BCUT2D eigenvalue weighted by Gasteiger charge is 2.12. The van der Waals surface area contributed by atoms with E-state index < -0.39 is 0 Å². The Hall–Kier alpha value is -2.99. The summed E-state index contributed by atoms with van der Waals surface area (Å²) in [7, 11) is 0. The van der Waals surface area contributed by atoms with Gasteiger partial charge in [-0.15, -0.1) is 11.8 Å². The molecule has 2 aromatic carbocycles. The first-order valence-electron chi connectivity index (χ1n) is 10.0. The highest BCUT2D eigenvalue weighted by Crippen LogP contribution is 2.29. The second kappa shape index (κ2) is 11.9. The molecule has 3 rings (SSSR count). The van der Waals surface area contributed by atoms with Crippen LogP contribution in [0, 0.1) is 0 Å². The van der Waals surface area contributed by atoms with Crippen molar-refractivity contribution in [2.75, 3.05) is 18.9 Å². The normalized spacial score (nSPS) is 10.4. The SMILES string of the molecule is CCOc1cc(C(=O)NCCCSc2ccccc2)ccc1OCc1cccnc1. The molecule has 1 N–H and O–H groups in total. The summed E-state index contributed by atoms with van der Waals surface area (Å²) in [5.74, 6) is 2.01. The number of amides is 1. The van der Waals surface area contributed by atoms with Crippen molar-refractivity contribution >= 4 is 17.7 Å². The summed E-state index contributed by atoms with van der Waals surface area (Å²) in [6.07, 6.45) is 4.39. The Bertz CT molecular complexity index is 920. The zero-order valence-corrected chi connectivity index (χ0v) is 17.9. The topological polar surface area (TPSA) is 60.5 Å². The van der Waals surface area contributed by atoms with Crippen molar-refractivity contribution in [3.8, 4) is 11.5 Å². The van der Waals surface area contributed by atoms with Gasteiger partial charge in [0.1, 0.15) is 6.61 Å². The van der Waals surface area contributed by atoms with Gasteiger partial charge in [0.2, 0.25) is 0 Å². The number of carbonyl (C=O) groups is 1. The maximum absolute atomic E-state index is 12.5. The van der Waals surface area contributed by atoms with Crippen LogP contribution in [0.15, 0.2) is 78.0 Å². The highest BCUT2D eigenvalue weighted by atomic mass is 32.2. The van der Waals surface area contributed by atoms with Crippen molar-refractivity contribution < 1.29 is 14.3 Å². The summed E-state index contributed by atoms with van der Waals surface area (Å²) in [4.78, 5) is 17.8. The third kappa shape index (κ3) is 6.81. The van der Waals surface area contributed by atoms with E-state index in [-0.39, 0.29) is 5.91 Å². The zero-order valence-electron chi connectivity index (χ0n) is 17.0. The van der Waals surface area contributed by atoms with Crippen molar-refractivity contribution in [3.63, 3.8) is 0 Å². The molecular weight excluding hydrogens is 396 g/mol. The van der Waals surface area contributed by atoms with E-state index in [1.54, 1.807) is 42.4 Å². The van der Waals surface area contributed by atoms with Crippen LogP contribution in [0.3, 0.4) is 0 Å². The van der Waals surface area contributed by atoms with E-state index >= 15 is 0 Å². The van der Waals surface area contributed by atoms with Gasteiger partial charge in [0.05, 0.1) is 6.61 Å². The van der Waals surface area contributed by atoms with E-state index in [9.17, 15) is 4.79 Å². The van der Waals surface area contributed by atoms with E-state index in [2.05, 4.69) is 22.4 Å². The molecule has 0 spiro atoms. The first-order chi connectivity index (χ1) is 14.8. The number of ether oxygens (including phenoxy) is 2. The number of hydrogen-bond donors (Lipinski definition) is 1. The van der Waals surface area contributed by atoms with Gasteiger partial charge < -0.3 is 14.8 Å². The maximum Gasteiger partial charge on any atom is 0.251 e. The predicted molar refractivity (Wildman–Crippen MR) is 120 cm³/mol. The van der Waals surface area contributed by atoms with Crippen LogP contribution in [0.1, 0.15) is 29.3 Å². The quantitative estimate of drug-likeness (QED) is 0.349. The van der Waals surface area contributed by atoms with Gasteiger partial charge in [-0.05, 0) is 55.5 Å². The van der Waals surface area contributed by atoms with E-state index in [4.69, 9.17) is 9.47 Å². The number of nitrogens with zero attached hydrogens (tertiary/aromatic N) is 1. The van der Waals surface area contributed by atoms with Crippen molar-refractivity contribution in [2.45, 2.75) is 24.8 Å². The summed E-state index contributed by atoms with van der Waals surface area (Å²) in [5, 5.41) is 2.97. The molecule has 0 aliphatic carbocycles. The molecule has 0 aliphatic heterocycles. The van der Waals surface area contributed by atoms with Crippen LogP contribution >= 0.6 is 11.8 Å². The predicted octanol–water partition coefficient (Wildman–Crippen LogP) is 4.97. The first kappa shape index (κ1) is 21.7. The van der Waals surface area contributed by atoms with Gasteiger partial charge in [-0.1, -0.05) is 24.3 Å². The monoisotopic (exact) mass is 422 g/mol. The van der Waals surface area contributed by atoms with Crippen molar-refractivity contribution in [1.82, 2.24) is 10.3 Å². The van der Waals surface area contributed by atoms with Crippen LogP contribution in [0.4, 0.5) is 0 Å². The number of hydrogen-bond acceptors (Lipinski definition) is 5. The van der Waals surface area contributed by atoms with Gasteiger partial charge in [-0.25, -0.2) is 0 Å². The number of pyridine rings is 1. The summed E-state index contributed by atoms with van der Waals surface area (Å²) in [5.41, 5.74) is 1.53. The fraction of sp³-hybridized carbons (Fsp3) is 0.250. The van der Waals surface area contributed by atoms with E-state index in [1.165, 1.54) is 4.90 Å². The second-order valence-electron chi connectivity index (χ2n) is 6.52. The molecule has 156 valence electrons. The molecule has 0 aliphatic rings. The Morgan fingerprint density at radius 2 is 1.90 bits per heavy atom. The Balaban J connectivity index is 1.50. The van der Waals surface area contributed by atoms with Crippen molar-refractivity contribution in [3.05, 3.63) is 84.2 Å². The smallest absolute Gasteiger partial charge is 0.251 e. The number of benzene rings is 2. The molecule has 5 nitrogen and oxygen atoms in total. The van der Waals surface area contributed by atoms with Gasteiger partial charge in [-0.3, -0.25) is 9.78 Å². The first-order valence-corrected chi connectivity index (χ1v) is 11.0. The summed E-state index contributed by atoms with van der Waals surface area (Å²) in [6, 6.07) is 19.4. The lowest BCUT2D eigenvalue weighted by Crippen LogP contribution is -2.24. The molecule has 0 atom stereocenters. The zero-order chi connectivity index (χ0) is 21.0. The third-order valence-electron chi connectivity index (χ3n) is 4.24. The third-order valence-corrected chi connectivity index (χ3v) is 5.34. The van der Waals surface area contributed by atoms with Gasteiger partial charge in [0, 0.05) is 35.0 Å². The Morgan fingerprint density at radius 1 is 1.03 bits per heavy atom. The Morgan fingerprint density at radius 3 is 2.67 bits per heavy atom. The van der Waals surface area contributed by atoms with Gasteiger partial charge in [0.25, 0.3) is 5.91 Å². The van der Waals surface area contributed by atoms with E-state index in [0.29, 0.717) is 36.8 Å². The minimum Gasteiger partial charge on any atom is -0.490 e. The summed E-state index contributed by atoms with van der Waals surface area (Å²) >= 11 is 1.79. The number of thioether (sulfide) groups is 1. The number of carbonyl (C=O) groups excluding carboxylic acids is 1. The lowest BCUT2D eigenvalue weighted by Gasteiger charge is -2.13. The van der Waals surface area contributed by atoms with Crippen LogP contribution in [0.2, 0.25) is 0 Å². The van der Waals surface area contributed by atoms with Gasteiger partial charge in [0.15, 0.2) is 11.5 Å².